The summed E-state index contributed by atoms with van der Waals surface area (Å²) in [6, 6.07) is 16.5. The Morgan fingerprint density at radius 2 is 1.75 bits per heavy atom. The lowest BCUT2D eigenvalue weighted by Crippen LogP contribution is -2.31. The zero-order valence-corrected chi connectivity index (χ0v) is 16.6. The maximum absolute atomic E-state index is 14.5. The molecule has 32 heavy (non-hydrogen) atoms. The monoisotopic (exact) mass is 439 g/mol. The van der Waals surface area contributed by atoms with Crippen molar-refractivity contribution in [2.24, 2.45) is 0 Å². The molecule has 1 saturated heterocycles. The van der Waals surface area contributed by atoms with Crippen molar-refractivity contribution in [3.8, 4) is 0 Å². The molecule has 0 aliphatic carbocycles. The number of anilines is 1. The third-order valence-corrected chi connectivity index (χ3v) is 4.58. The van der Waals surface area contributed by atoms with Gasteiger partial charge < -0.3 is 19.5 Å². The van der Waals surface area contributed by atoms with E-state index in [0.717, 1.165) is 10.8 Å². The van der Waals surface area contributed by atoms with Gasteiger partial charge in [0.1, 0.15) is 6.61 Å². The van der Waals surface area contributed by atoms with E-state index < -0.39 is 41.7 Å². The minimum absolute atomic E-state index is 0.0791. The van der Waals surface area contributed by atoms with Gasteiger partial charge in [-0.05, 0) is 24.3 Å². The number of aromatic nitrogens is 2. The number of nitrogens with zero attached hydrogens (tertiary/aromatic N) is 2. The van der Waals surface area contributed by atoms with Crippen molar-refractivity contribution in [1.29, 1.82) is 0 Å². The highest BCUT2D eigenvalue weighted by Gasteiger charge is 2.30. The summed E-state index contributed by atoms with van der Waals surface area (Å²) in [7, 11) is 0. The summed E-state index contributed by atoms with van der Waals surface area (Å²) in [6.45, 7) is -0.287. The van der Waals surface area contributed by atoms with Gasteiger partial charge in [0.2, 0.25) is 0 Å². The van der Waals surface area contributed by atoms with Gasteiger partial charge in [-0.2, -0.15) is 4.98 Å². The molecule has 2 aromatic carbocycles. The molecular weight excluding hydrogens is 421 g/mol. The molecule has 2 heterocycles. The molecule has 2 atom stereocenters. The molecule has 1 aromatic heterocycles. The minimum atomic E-state index is -0.969. The Balaban J connectivity index is 1.38. The standard InChI is InChI=1S/C22H18FN3O6/c23-16-11-26(22(29)25-19(16)24-20(27)14-7-3-1-4-8-14)17-12-30-18(32-17)13-31-21(28)15-9-5-2-6-10-15/h1-11,17-18H,12-13H2,(H,24,25,27,29)/t17-,18+/m1/s1. The number of hydrogen-bond acceptors (Lipinski definition) is 7. The van der Waals surface area contributed by atoms with Crippen LogP contribution in [0.3, 0.4) is 0 Å². The van der Waals surface area contributed by atoms with Crippen LogP contribution >= 0.6 is 0 Å². The van der Waals surface area contributed by atoms with Crippen molar-refractivity contribution >= 4 is 17.7 Å². The van der Waals surface area contributed by atoms with E-state index >= 15 is 0 Å². The molecule has 10 heteroatoms. The van der Waals surface area contributed by atoms with Gasteiger partial charge in [-0.1, -0.05) is 36.4 Å². The first-order valence-electron chi connectivity index (χ1n) is 9.65. The van der Waals surface area contributed by atoms with Crippen LogP contribution in [0.4, 0.5) is 10.2 Å². The molecular formula is C22H18FN3O6. The van der Waals surface area contributed by atoms with Crippen LogP contribution in [0.1, 0.15) is 26.9 Å². The third kappa shape index (κ3) is 4.88. The Hall–Kier alpha value is -3.89. The number of halogens is 1. The van der Waals surface area contributed by atoms with Gasteiger partial charge in [0.15, 0.2) is 24.2 Å². The Kier molecular flexibility index (Phi) is 6.34. The van der Waals surface area contributed by atoms with Crippen LogP contribution in [0.2, 0.25) is 0 Å². The van der Waals surface area contributed by atoms with Gasteiger partial charge in [0.25, 0.3) is 5.91 Å². The molecule has 0 bridgehead atoms. The molecule has 1 aliphatic rings. The molecule has 164 valence electrons. The van der Waals surface area contributed by atoms with Gasteiger partial charge in [-0.3, -0.25) is 9.36 Å². The van der Waals surface area contributed by atoms with E-state index in [2.05, 4.69) is 10.3 Å². The molecule has 1 aliphatic heterocycles. The second-order valence-electron chi connectivity index (χ2n) is 6.77. The fraction of sp³-hybridized carbons (Fsp3) is 0.182. The van der Waals surface area contributed by atoms with Crippen molar-refractivity contribution in [2.75, 3.05) is 18.5 Å². The molecule has 1 N–H and O–H groups in total. The van der Waals surface area contributed by atoms with Gasteiger partial charge in [0, 0.05) is 5.56 Å². The number of carbonyl (C=O) groups excluding carboxylic acids is 2. The van der Waals surface area contributed by atoms with Crippen LogP contribution in [-0.4, -0.2) is 40.9 Å². The fourth-order valence-corrected chi connectivity index (χ4v) is 2.99. The van der Waals surface area contributed by atoms with Gasteiger partial charge in [-0.25, -0.2) is 14.0 Å². The van der Waals surface area contributed by atoms with Crippen LogP contribution in [0.15, 0.2) is 71.7 Å². The molecule has 0 spiro atoms. The number of hydrogen-bond donors (Lipinski definition) is 1. The van der Waals surface area contributed by atoms with Crippen LogP contribution in [-0.2, 0) is 14.2 Å². The first kappa shape index (κ1) is 21.3. The fourth-order valence-electron chi connectivity index (χ4n) is 2.99. The summed E-state index contributed by atoms with van der Waals surface area (Å²) >= 11 is 0. The first-order chi connectivity index (χ1) is 15.5. The maximum atomic E-state index is 14.5. The SMILES string of the molecule is O=C(Nc1nc(=O)n([C@H]2CO[C@H](COC(=O)c3ccccc3)O2)cc1F)c1ccccc1. The van der Waals surface area contributed by atoms with Gasteiger partial charge in [0.05, 0.1) is 18.4 Å². The highest BCUT2D eigenvalue weighted by molar-refractivity contribution is 6.03. The van der Waals surface area contributed by atoms with Crippen LogP contribution in [0.25, 0.3) is 0 Å². The van der Waals surface area contributed by atoms with Crippen LogP contribution < -0.4 is 11.0 Å². The van der Waals surface area contributed by atoms with E-state index in [4.69, 9.17) is 14.2 Å². The molecule has 3 aromatic rings. The largest absolute Gasteiger partial charge is 0.457 e. The Bertz CT molecular complexity index is 1170. The van der Waals surface area contributed by atoms with E-state index in [1.165, 1.54) is 0 Å². The van der Waals surface area contributed by atoms with Crippen LogP contribution in [0.5, 0.6) is 0 Å². The summed E-state index contributed by atoms with van der Waals surface area (Å²) in [5, 5.41) is 2.27. The number of carbonyl (C=O) groups is 2. The zero-order valence-electron chi connectivity index (χ0n) is 16.6. The smallest absolute Gasteiger partial charge is 0.351 e. The van der Waals surface area contributed by atoms with Crippen LogP contribution in [0, 0.1) is 5.82 Å². The van der Waals surface area contributed by atoms with Gasteiger partial charge >= 0.3 is 11.7 Å². The van der Waals surface area contributed by atoms with E-state index in [1.807, 2.05) is 0 Å². The number of ether oxygens (including phenoxy) is 3. The average Bonchev–Trinajstić information content (AvgIpc) is 3.29. The first-order valence-corrected chi connectivity index (χ1v) is 9.65. The van der Waals surface area contributed by atoms with Crippen molar-refractivity contribution in [2.45, 2.75) is 12.5 Å². The molecule has 0 unspecified atom stereocenters. The van der Waals surface area contributed by atoms with E-state index in [9.17, 15) is 18.8 Å². The summed E-state index contributed by atoms with van der Waals surface area (Å²) in [4.78, 5) is 40.1. The van der Waals surface area contributed by atoms with E-state index in [-0.39, 0.29) is 13.2 Å². The minimum Gasteiger partial charge on any atom is -0.457 e. The highest BCUT2D eigenvalue weighted by atomic mass is 19.1. The number of esters is 1. The number of benzene rings is 2. The second kappa shape index (κ2) is 9.50. The Morgan fingerprint density at radius 3 is 2.44 bits per heavy atom. The summed E-state index contributed by atoms with van der Waals surface area (Å²) in [6.07, 6.45) is -1.02. The summed E-state index contributed by atoms with van der Waals surface area (Å²) < 4.78 is 31.5. The zero-order chi connectivity index (χ0) is 22.5. The van der Waals surface area contributed by atoms with Crippen molar-refractivity contribution < 1.29 is 28.2 Å². The van der Waals surface area contributed by atoms with E-state index in [1.54, 1.807) is 60.7 Å². The lowest BCUT2D eigenvalue weighted by molar-refractivity contribution is -0.103. The molecule has 0 saturated carbocycles. The predicted octanol–water partition coefficient (Wildman–Crippen LogP) is 2.36. The quantitative estimate of drug-likeness (QED) is 0.588. The number of amides is 1. The Labute approximate surface area is 181 Å². The van der Waals surface area contributed by atoms with Crippen molar-refractivity contribution in [1.82, 2.24) is 9.55 Å². The van der Waals surface area contributed by atoms with Crippen molar-refractivity contribution in [3.05, 3.63) is 94.3 Å². The molecule has 1 amide bonds. The number of nitrogens with one attached hydrogen (secondary N) is 1. The molecule has 4 rings (SSSR count). The molecule has 9 nitrogen and oxygen atoms in total. The summed E-state index contributed by atoms with van der Waals surface area (Å²) in [5.74, 6) is -2.57. The lowest BCUT2D eigenvalue weighted by atomic mass is 10.2. The Morgan fingerprint density at radius 1 is 1.09 bits per heavy atom. The lowest BCUT2D eigenvalue weighted by Gasteiger charge is -2.14. The van der Waals surface area contributed by atoms with Gasteiger partial charge in [-0.15, -0.1) is 0 Å². The third-order valence-electron chi connectivity index (χ3n) is 4.58. The molecule has 1 fully saturated rings. The van der Waals surface area contributed by atoms with Crippen molar-refractivity contribution in [3.63, 3.8) is 0 Å². The van der Waals surface area contributed by atoms with E-state index in [0.29, 0.717) is 11.1 Å². The topological polar surface area (TPSA) is 109 Å². The highest BCUT2D eigenvalue weighted by Crippen LogP contribution is 2.21. The number of rotatable bonds is 6. The maximum Gasteiger partial charge on any atom is 0.351 e. The molecule has 0 radical (unpaired) electrons. The second-order valence-corrected chi connectivity index (χ2v) is 6.77. The normalized spacial score (nSPS) is 17.7. The predicted molar refractivity (Wildman–Crippen MR) is 109 cm³/mol. The summed E-state index contributed by atoms with van der Waals surface area (Å²) in [5.41, 5.74) is -0.179. The average molecular weight is 439 g/mol.